The largest absolute Gasteiger partial charge is 0.463 e. The summed E-state index contributed by atoms with van der Waals surface area (Å²) in [5, 5.41) is 5.17. The quantitative estimate of drug-likeness (QED) is 0.488. The first-order valence-electron chi connectivity index (χ1n) is 10.7. The first kappa shape index (κ1) is 22.0. The van der Waals surface area contributed by atoms with Crippen molar-refractivity contribution in [1.82, 2.24) is 4.90 Å². The third-order valence-corrected chi connectivity index (χ3v) is 5.69. The van der Waals surface area contributed by atoms with Crippen LogP contribution in [0.25, 0.3) is 11.0 Å². The van der Waals surface area contributed by atoms with Gasteiger partial charge in [-0.2, -0.15) is 0 Å². The van der Waals surface area contributed by atoms with Gasteiger partial charge in [-0.15, -0.1) is 0 Å². The molecule has 6 nitrogen and oxygen atoms in total. The average molecular weight is 452 g/mol. The summed E-state index contributed by atoms with van der Waals surface area (Å²) in [6, 6.07) is 13.7. The molecule has 3 aromatic rings. The molecule has 1 aliphatic rings. The molecule has 0 spiro atoms. The minimum Gasteiger partial charge on any atom is -0.463 e. The van der Waals surface area contributed by atoms with Gasteiger partial charge in [0.1, 0.15) is 11.3 Å². The van der Waals surface area contributed by atoms with E-state index in [1.54, 1.807) is 13.1 Å². The number of aliphatic imine (C=N–C) groups is 1. The molecule has 0 bridgehead atoms. The molecular formula is C25H26ClN3O3. The molecule has 0 saturated carbocycles. The molecule has 32 heavy (non-hydrogen) atoms. The lowest BCUT2D eigenvalue weighted by molar-refractivity contribution is -0.138. The summed E-state index contributed by atoms with van der Waals surface area (Å²) in [5.41, 5.74) is 4.50. The van der Waals surface area contributed by atoms with E-state index in [-0.39, 0.29) is 5.97 Å². The van der Waals surface area contributed by atoms with E-state index >= 15 is 0 Å². The van der Waals surface area contributed by atoms with Crippen LogP contribution in [-0.2, 0) is 22.5 Å². The van der Waals surface area contributed by atoms with Gasteiger partial charge >= 0.3 is 5.97 Å². The van der Waals surface area contributed by atoms with Gasteiger partial charge in [-0.25, -0.2) is 9.79 Å². The number of hydrogen-bond acceptors (Lipinski definition) is 6. The van der Waals surface area contributed by atoms with Crippen molar-refractivity contribution < 1.29 is 13.9 Å². The zero-order chi connectivity index (χ0) is 22.7. The summed E-state index contributed by atoms with van der Waals surface area (Å²) < 4.78 is 11.1. The van der Waals surface area contributed by atoms with Gasteiger partial charge in [-0.3, -0.25) is 0 Å². The highest BCUT2D eigenvalue weighted by Crippen LogP contribution is 2.28. The minimum absolute atomic E-state index is 0.325. The fourth-order valence-electron chi connectivity index (χ4n) is 3.75. The van der Waals surface area contributed by atoms with Gasteiger partial charge in [0.15, 0.2) is 0 Å². The molecule has 1 aliphatic heterocycles. The molecule has 166 valence electrons. The number of halogens is 1. The number of carbonyl (C=O) groups excluding carboxylic acids is 1. The van der Waals surface area contributed by atoms with E-state index in [0.717, 1.165) is 40.0 Å². The SMILES string of the molecule is CCOC(=O)C1=CN=C(Nc2ccc3oc(CC)c(C)c3c2)N(Cc2ccc(Cl)cc2)C1. The second-order valence-corrected chi connectivity index (χ2v) is 8.09. The van der Waals surface area contributed by atoms with E-state index < -0.39 is 0 Å². The number of carbonyl (C=O) groups is 1. The van der Waals surface area contributed by atoms with Crippen molar-refractivity contribution in [2.75, 3.05) is 18.5 Å². The van der Waals surface area contributed by atoms with E-state index in [0.29, 0.717) is 36.3 Å². The van der Waals surface area contributed by atoms with Crippen molar-refractivity contribution in [1.29, 1.82) is 0 Å². The van der Waals surface area contributed by atoms with Crippen LogP contribution < -0.4 is 5.32 Å². The number of furan rings is 1. The summed E-state index contributed by atoms with van der Waals surface area (Å²) in [7, 11) is 0. The van der Waals surface area contributed by atoms with E-state index in [9.17, 15) is 4.79 Å². The van der Waals surface area contributed by atoms with E-state index in [1.165, 1.54) is 0 Å². The molecule has 4 rings (SSSR count). The Labute approximate surface area is 192 Å². The molecule has 0 fully saturated rings. The Balaban J connectivity index is 1.63. The zero-order valence-electron chi connectivity index (χ0n) is 18.4. The summed E-state index contributed by atoms with van der Waals surface area (Å²) in [6.45, 7) is 7.23. The Bertz CT molecular complexity index is 1200. The highest BCUT2D eigenvalue weighted by molar-refractivity contribution is 6.30. The fraction of sp³-hybridized carbons (Fsp3) is 0.280. The lowest BCUT2D eigenvalue weighted by Crippen LogP contribution is -2.40. The maximum absolute atomic E-state index is 12.3. The molecule has 1 aromatic heterocycles. The summed E-state index contributed by atoms with van der Waals surface area (Å²) in [4.78, 5) is 18.8. The van der Waals surface area contributed by atoms with Crippen molar-refractivity contribution in [3.63, 3.8) is 0 Å². The molecule has 0 atom stereocenters. The van der Waals surface area contributed by atoms with Crippen LogP contribution in [0.15, 0.2) is 63.6 Å². The normalized spacial score (nSPS) is 13.7. The number of nitrogens with zero attached hydrogens (tertiary/aromatic N) is 2. The maximum Gasteiger partial charge on any atom is 0.337 e. The fourth-order valence-corrected chi connectivity index (χ4v) is 3.88. The number of hydrogen-bond donors (Lipinski definition) is 1. The molecular weight excluding hydrogens is 426 g/mol. The van der Waals surface area contributed by atoms with E-state index in [1.807, 2.05) is 41.3 Å². The van der Waals surface area contributed by atoms with Crippen molar-refractivity contribution in [2.24, 2.45) is 4.99 Å². The topological polar surface area (TPSA) is 67.1 Å². The Morgan fingerprint density at radius 1 is 1.22 bits per heavy atom. The van der Waals surface area contributed by atoms with Gasteiger partial charge in [0.2, 0.25) is 5.96 Å². The van der Waals surface area contributed by atoms with Crippen LogP contribution in [0.3, 0.4) is 0 Å². The molecule has 2 heterocycles. The van der Waals surface area contributed by atoms with Crippen LogP contribution in [0.4, 0.5) is 5.69 Å². The monoisotopic (exact) mass is 451 g/mol. The van der Waals surface area contributed by atoms with E-state index in [4.69, 9.17) is 20.8 Å². The standard InChI is InChI=1S/C25H26ClN3O3/c1-4-22-16(3)21-12-20(10-11-23(21)32-22)28-25-27-13-18(24(30)31-5-2)15-29(25)14-17-6-8-19(26)9-7-17/h6-13H,4-5,14-15H2,1-3H3,(H,27,28). The number of fused-ring (bicyclic) bond motifs is 1. The Hall–Kier alpha value is -3.25. The van der Waals surface area contributed by atoms with Gasteiger partial charge in [-0.1, -0.05) is 30.7 Å². The summed E-state index contributed by atoms with van der Waals surface area (Å²) in [5.74, 6) is 1.31. The lowest BCUT2D eigenvalue weighted by atomic mass is 10.1. The number of guanidine groups is 1. The first-order chi connectivity index (χ1) is 15.5. The number of rotatable bonds is 6. The first-order valence-corrected chi connectivity index (χ1v) is 11.1. The van der Waals surface area contributed by atoms with Gasteiger partial charge in [-0.05, 0) is 55.3 Å². The Morgan fingerprint density at radius 3 is 2.72 bits per heavy atom. The van der Waals surface area contributed by atoms with Gasteiger partial charge in [0.05, 0.1) is 18.7 Å². The molecule has 1 N–H and O–H groups in total. The Morgan fingerprint density at radius 2 is 2.00 bits per heavy atom. The Kier molecular flexibility index (Phi) is 6.51. The number of esters is 1. The van der Waals surface area contributed by atoms with Crippen molar-refractivity contribution in [2.45, 2.75) is 33.7 Å². The number of aryl methyl sites for hydroxylation is 2. The van der Waals surface area contributed by atoms with Gasteiger partial charge in [0, 0.05) is 35.3 Å². The van der Waals surface area contributed by atoms with Crippen molar-refractivity contribution in [3.8, 4) is 0 Å². The molecule has 0 radical (unpaired) electrons. The summed E-state index contributed by atoms with van der Waals surface area (Å²) in [6.07, 6.45) is 2.43. The van der Waals surface area contributed by atoms with Gasteiger partial charge in [0.25, 0.3) is 0 Å². The number of anilines is 1. The van der Waals surface area contributed by atoms with Crippen LogP contribution in [0.1, 0.15) is 30.7 Å². The molecule has 0 saturated heterocycles. The van der Waals surface area contributed by atoms with Crippen molar-refractivity contribution in [3.05, 3.63) is 76.1 Å². The van der Waals surface area contributed by atoms with Gasteiger partial charge < -0.3 is 19.4 Å². The second kappa shape index (κ2) is 9.49. The van der Waals surface area contributed by atoms with E-state index in [2.05, 4.69) is 30.2 Å². The maximum atomic E-state index is 12.3. The predicted octanol–water partition coefficient (Wildman–Crippen LogP) is 5.69. The zero-order valence-corrected chi connectivity index (χ0v) is 19.2. The van der Waals surface area contributed by atoms with Crippen molar-refractivity contribution >= 4 is 40.2 Å². The van der Waals surface area contributed by atoms with Crippen LogP contribution in [-0.4, -0.2) is 30.0 Å². The average Bonchev–Trinajstić information content (AvgIpc) is 3.12. The second-order valence-electron chi connectivity index (χ2n) is 7.65. The number of ether oxygens (including phenoxy) is 1. The number of nitrogens with one attached hydrogen (secondary N) is 1. The predicted molar refractivity (Wildman–Crippen MR) is 128 cm³/mol. The highest BCUT2D eigenvalue weighted by Gasteiger charge is 2.23. The van der Waals surface area contributed by atoms with Crippen LogP contribution >= 0.6 is 11.6 Å². The third kappa shape index (κ3) is 4.65. The molecule has 0 aliphatic carbocycles. The smallest absolute Gasteiger partial charge is 0.337 e. The molecule has 0 amide bonds. The van der Waals surface area contributed by atoms with Crippen LogP contribution in [0.5, 0.6) is 0 Å². The minimum atomic E-state index is -0.348. The number of benzene rings is 2. The highest BCUT2D eigenvalue weighted by atomic mass is 35.5. The van der Waals surface area contributed by atoms with Crippen LogP contribution in [0, 0.1) is 6.92 Å². The lowest BCUT2D eigenvalue weighted by Gasteiger charge is -2.29. The molecule has 2 aromatic carbocycles. The van der Waals surface area contributed by atoms with Crippen LogP contribution in [0.2, 0.25) is 5.02 Å². The molecule has 7 heteroatoms. The molecule has 0 unspecified atom stereocenters. The summed E-state index contributed by atoms with van der Waals surface area (Å²) >= 11 is 6.03. The third-order valence-electron chi connectivity index (χ3n) is 5.44.